The van der Waals surface area contributed by atoms with Gasteiger partial charge in [-0.05, 0) is 58.4 Å². The highest BCUT2D eigenvalue weighted by molar-refractivity contribution is 5.79. The summed E-state index contributed by atoms with van der Waals surface area (Å²) >= 11 is 0. The molecule has 0 aliphatic heterocycles. The minimum atomic E-state index is 0.0459. The average molecular weight is 295 g/mol. The van der Waals surface area contributed by atoms with Gasteiger partial charge in [-0.3, -0.25) is 9.69 Å². The summed E-state index contributed by atoms with van der Waals surface area (Å²) in [6.45, 7) is 6.40. The van der Waals surface area contributed by atoms with E-state index in [1.165, 1.54) is 32.1 Å². The van der Waals surface area contributed by atoms with E-state index in [9.17, 15) is 4.79 Å². The molecular formula is C17H33N3O. The molecule has 0 aromatic carbocycles. The summed E-state index contributed by atoms with van der Waals surface area (Å²) in [6, 6.07) is 0.514. The van der Waals surface area contributed by atoms with E-state index >= 15 is 0 Å². The van der Waals surface area contributed by atoms with Crippen LogP contribution in [0.5, 0.6) is 0 Å². The van der Waals surface area contributed by atoms with Crippen molar-refractivity contribution >= 4 is 5.91 Å². The average Bonchev–Trinajstić information content (AvgIpc) is 3.32. The molecule has 0 spiro atoms. The van der Waals surface area contributed by atoms with E-state index in [0.717, 1.165) is 25.3 Å². The van der Waals surface area contributed by atoms with Gasteiger partial charge < -0.3 is 10.6 Å². The largest absolute Gasteiger partial charge is 0.339 e. The van der Waals surface area contributed by atoms with Crippen LogP contribution in [0.3, 0.4) is 0 Å². The highest BCUT2D eigenvalue weighted by Crippen LogP contribution is 2.36. The molecule has 1 amide bonds. The van der Waals surface area contributed by atoms with Crippen LogP contribution in [0.15, 0.2) is 0 Å². The van der Waals surface area contributed by atoms with Gasteiger partial charge in [0.15, 0.2) is 0 Å². The minimum Gasteiger partial charge on any atom is -0.339 e. The second kappa shape index (κ2) is 7.10. The fourth-order valence-electron chi connectivity index (χ4n) is 3.85. The molecule has 0 atom stereocenters. The maximum Gasteiger partial charge on any atom is 0.236 e. The van der Waals surface area contributed by atoms with Gasteiger partial charge in [0, 0.05) is 24.7 Å². The summed E-state index contributed by atoms with van der Waals surface area (Å²) in [5.41, 5.74) is 6.16. The molecule has 0 radical (unpaired) electrons. The van der Waals surface area contributed by atoms with Crippen LogP contribution >= 0.6 is 0 Å². The number of hydrogen-bond acceptors (Lipinski definition) is 3. The normalized spacial score (nSPS) is 29.7. The lowest BCUT2D eigenvalue weighted by molar-refractivity contribution is -0.134. The van der Waals surface area contributed by atoms with E-state index in [2.05, 4.69) is 30.7 Å². The van der Waals surface area contributed by atoms with E-state index < -0.39 is 0 Å². The molecule has 0 heterocycles. The molecule has 2 aliphatic carbocycles. The number of hydrogen-bond donors (Lipinski definition) is 1. The van der Waals surface area contributed by atoms with Gasteiger partial charge in [0.1, 0.15) is 0 Å². The predicted octanol–water partition coefficient (Wildman–Crippen LogP) is 2.23. The molecule has 21 heavy (non-hydrogen) atoms. The lowest BCUT2D eigenvalue weighted by atomic mass is 9.74. The van der Waals surface area contributed by atoms with Crippen molar-refractivity contribution in [1.29, 1.82) is 0 Å². The van der Waals surface area contributed by atoms with Gasteiger partial charge >= 0.3 is 0 Å². The van der Waals surface area contributed by atoms with Crippen LogP contribution in [0.25, 0.3) is 0 Å². The van der Waals surface area contributed by atoms with Crippen LogP contribution in [-0.2, 0) is 4.79 Å². The van der Waals surface area contributed by atoms with Crippen molar-refractivity contribution in [2.24, 2.45) is 11.7 Å². The van der Waals surface area contributed by atoms with Gasteiger partial charge in [-0.25, -0.2) is 0 Å². The van der Waals surface area contributed by atoms with Gasteiger partial charge in [-0.1, -0.05) is 13.3 Å². The van der Waals surface area contributed by atoms with Crippen LogP contribution in [0.4, 0.5) is 0 Å². The number of carbonyl (C=O) groups is 1. The second-order valence-electron chi connectivity index (χ2n) is 7.05. The van der Waals surface area contributed by atoms with Crippen molar-refractivity contribution in [3.63, 3.8) is 0 Å². The number of rotatable bonds is 7. The molecule has 0 unspecified atom stereocenters. The Kier molecular flexibility index (Phi) is 5.67. The third-order valence-corrected chi connectivity index (χ3v) is 5.82. The summed E-state index contributed by atoms with van der Waals surface area (Å²) in [5.74, 6) is 1.14. The molecule has 0 aromatic heterocycles. The molecule has 4 nitrogen and oxygen atoms in total. The van der Waals surface area contributed by atoms with Crippen molar-refractivity contribution in [2.75, 3.05) is 26.7 Å². The molecule has 0 aromatic rings. The standard InChI is InChI=1S/C17H33N3O/c1-4-14-8-10-17(13-18,11-9-14)19(3)12-16(21)20(5-2)15-6-7-15/h14-15H,4-13,18H2,1-3H3. The first-order valence-corrected chi connectivity index (χ1v) is 8.77. The van der Waals surface area contributed by atoms with Crippen LogP contribution in [0.1, 0.15) is 58.8 Å². The van der Waals surface area contributed by atoms with Crippen LogP contribution < -0.4 is 5.73 Å². The molecule has 0 bridgehead atoms. The predicted molar refractivity (Wildman–Crippen MR) is 87.1 cm³/mol. The van der Waals surface area contributed by atoms with Crippen molar-refractivity contribution in [2.45, 2.75) is 70.4 Å². The highest BCUT2D eigenvalue weighted by Gasteiger charge is 2.39. The van der Waals surface area contributed by atoms with Crippen molar-refractivity contribution < 1.29 is 4.79 Å². The molecule has 122 valence electrons. The van der Waals surface area contributed by atoms with E-state index in [4.69, 9.17) is 5.73 Å². The third-order valence-electron chi connectivity index (χ3n) is 5.82. The quantitative estimate of drug-likeness (QED) is 0.783. The summed E-state index contributed by atoms with van der Waals surface area (Å²) in [7, 11) is 2.10. The summed E-state index contributed by atoms with van der Waals surface area (Å²) in [5, 5.41) is 0. The number of likely N-dealkylation sites (N-methyl/N-ethyl adjacent to an activating group) is 2. The van der Waals surface area contributed by atoms with Crippen LogP contribution in [0.2, 0.25) is 0 Å². The zero-order valence-corrected chi connectivity index (χ0v) is 14.1. The molecule has 2 aliphatic rings. The van der Waals surface area contributed by atoms with Crippen molar-refractivity contribution in [3.8, 4) is 0 Å². The number of nitrogens with zero attached hydrogens (tertiary/aromatic N) is 2. The molecule has 2 rings (SSSR count). The minimum absolute atomic E-state index is 0.0459. The zero-order chi connectivity index (χ0) is 15.5. The fourth-order valence-corrected chi connectivity index (χ4v) is 3.85. The zero-order valence-electron chi connectivity index (χ0n) is 14.1. The second-order valence-corrected chi connectivity index (χ2v) is 7.05. The van der Waals surface area contributed by atoms with Gasteiger partial charge in [-0.2, -0.15) is 0 Å². The first kappa shape index (κ1) is 16.8. The summed E-state index contributed by atoms with van der Waals surface area (Å²) in [6.07, 6.45) is 8.43. The SMILES string of the molecule is CCC1CCC(CN)(N(C)CC(=O)N(CC)C2CC2)CC1. The smallest absolute Gasteiger partial charge is 0.236 e. The van der Waals surface area contributed by atoms with Crippen molar-refractivity contribution in [1.82, 2.24) is 9.80 Å². The van der Waals surface area contributed by atoms with E-state index in [1.807, 2.05) is 0 Å². The Morgan fingerprint density at radius 2 is 1.81 bits per heavy atom. The Bertz CT molecular complexity index is 346. The Morgan fingerprint density at radius 3 is 2.24 bits per heavy atom. The van der Waals surface area contributed by atoms with E-state index in [0.29, 0.717) is 19.1 Å². The molecule has 2 N–H and O–H groups in total. The third kappa shape index (κ3) is 3.78. The lowest BCUT2D eigenvalue weighted by Crippen LogP contribution is -2.56. The maximum absolute atomic E-state index is 12.5. The summed E-state index contributed by atoms with van der Waals surface area (Å²) in [4.78, 5) is 16.8. The van der Waals surface area contributed by atoms with Crippen LogP contribution in [0, 0.1) is 5.92 Å². The van der Waals surface area contributed by atoms with E-state index in [1.54, 1.807) is 0 Å². The Morgan fingerprint density at radius 1 is 1.19 bits per heavy atom. The number of amides is 1. The molecule has 0 saturated heterocycles. The van der Waals surface area contributed by atoms with Crippen LogP contribution in [-0.4, -0.2) is 54.0 Å². The van der Waals surface area contributed by atoms with Gasteiger partial charge in [0.2, 0.25) is 5.91 Å². The Labute approximate surface area is 130 Å². The van der Waals surface area contributed by atoms with Gasteiger partial charge in [-0.15, -0.1) is 0 Å². The molecule has 4 heteroatoms. The molecule has 2 saturated carbocycles. The fraction of sp³-hybridized carbons (Fsp3) is 0.941. The molecule has 2 fully saturated rings. The summed E-state index contributed by atoms with van der Waals surface area (Å²) < 4.78 is 0. The van der Waals surface area contributed by atoms with Gasteiger partial charge in [0.25, 0.3) is 0 Å². The Balaban J connectivity index is 1.93. The highest BCUT2D eigenvalue weighted by atomic mass is 16.2. The topological polar surface area (TPSA) is 49.6 Å². The Hall–Kier alpha value is -0.610. The van der Waals surface area contributed by atoms with E-state index in [-0.39, 0.29) is 11.4 Å². The lowest BCUT2D eigenvalue weighted by Gasteiger charge is -2.46. The van der Waals surface area contributed by atoms with Gasteiger partial charge in [0.05, 0.1) is 6.54 Å². The number of carbonyl (C=O) groups excluding carboxylic acids is 1. The molecular weight excluding hydrogens is 262 g/mol. The monoisotopic (exact) mass is 295 g/mol. The first-order valence-electron chi connectivity index (χ1n) is 8.77. The first-order chi connectivity index (χ1) is 10.1. The number of nitrogens with two attached hydrogens (primary N) is 1. The van der Waals surface area contributed by atoms with Crippen molar-refractivity contribution in [3.05, 3.63) is 0 Å². The maximum atomic E-state index is 12.5.